The van der Waals surface area contributed by atoms with Crippen LogP contribution in [0.15, 0.2) is 24.3 Å². The molecule has 11 heavy (non-hydrogen) atoms. The Bertz CT molecular complexity index is 237. The molecule has 58 valence electrons. The van der Waals surface area contributed by atoms with E-state index in [1.165, 1.54) is 5.40 Å². The molecule has 0 heterocycles. The van der Waals surface area contributed by atoms with Gasteiger partial charge >= 0.3 is 0 Å². The van der Waals surface area contributed by atoms with Gasteiger partial charge in [-0.15, -0.1) is 0 Å². The van der Waals surface area contributed by atoms with Crippen LogP contribution in [0.3, 0.4) is 0 Å². The van der Waals surface area contributed by atoms with E-state index in [1.807, 2.05) is 19.1 Å². The predicted octanol–water partition coefficient (Wildman–Crippen LogP) is 1.71. The number of hydrogen-bond acceptors (Lipinski definition) is 3. The molecule has 0 fully saturated rings. The Kier molecular flexibility index (Phi) is 4.87. The molecular formula is C8H8NOS-. The molecule has 0 saturated carbocycles. The standard InChI is InChI=1S/C7H8O.CHNS/c1-6-3-2-4-7(8)5-6;2-1-3/h2-5,8H,1H3;3H/p-1. The summed E-state index contributed by atoms with van der Waals surface area (Å²) in [5.74, 6) is 0.338. The zero-order valence-corrected chi connectivity index (χ0v) is 6.93. The molecule has 0 unspecified atom stereocenters. The Hall–Kier alpha value is -1.27. The molecule has 0 bridgehead atoms. The van der Waals surface area contributed by atoms with Crippen molar-refractivity contribution in [3.63, 3.8) is 0 Å². The molecule has 2 nitrogen and oxygen atoms in total. The van der Waals surface area contributed by atoms with Gasteiger partial charge in [-0.05, 0) is 24.6 Å². The lowest BCUT2D eigenvalue weighted by Gasteiger charge is -1.89. The molecule has 1 N–H and O–H groups in total. The van der Waals surface area contributed by atoms with E-state index in [0.29, 0.717) is 5.75 Å². The highest BCUT2D eigenvalue weighted by Gasteiger charge is 1.83. The average Bonchev–Trinajstić information content (AvgIpc) is 1.88. The minimum absolute atomic E-state index is 0.338. The summed E-state index contributed by atoms with van der Waals surface area (Å²) >= 11 is 3.70. The summed E-state index contributed by atoms with van der Waals surface area (Å²) in [6.07, 6.45) is 0. The van der Waals surface area contributed by atoms with Crippen LogP contribution in [0.4, 0.5) is 0 Å². The highest BCUT2D eigenvalue weighted by Crippen LogP contribution is 2.08. The summed E-state index contributed by atoms with van der Waals surface area (Å²) in [6.45, 7) is 1.94. The number of thiocyanates is 1. The lowest BCUT2D eigenvalue weighted by molar-refractivity contribution is 0.475. The molecular weight excluding hydrogens is 158 g/mol. The van der Waals surface area contributed by atoms with Crippen molar-refractivity contribution in [2.45, 2.75) is 6.92 Å². The second-order valence-electron chi connectivity index (χ2n) is 1.93. The third-order valence-electron chi connectivity index (χ3n) is 1.00. The monoisotopic (exact) mass is 166 g/mol. The lowest BCUT2D eigenvalue weighted by Crippen LogP contribution is -1.66. The number of aromatic hydroxyl groups is 1. The Balaban J connectivity index is 0.000000292. The first-order valence-electron chi connectivity index (χ1n) is 2.97. The molecule has 1 aromatic rings. The normalized spacial score (nSPS) is 7.27. The van der Waals surface area contributed by atoms with E-state index < -0.39 is 0 Å². The summed E-state index contributed by atoms with van der Waals surface area (Å²) in [7, 11) is 0. The molecule has 0 amide bonds. The van der Waals surface area contributed by atoms with Crippen molar-refractivity contribution in [3.8, 4) is 11.2 Å². The number of nitrogens with zero attached hydrogens (tertiary/aromatic N) is 1. The maximum Gasteiger partial charge on any atom is 0.115 e. The van der Waals surface area contributed by atoms with Crippen molar-refractivity contribution in [1.82, 2.24) is 0 Å². The molecule has 0 spiro atoms. The van der Waals surface area contributed by atoms with Crippen LogP contribution in [-0.2, 0) is 12.6 Å². The van der Waals surface area contributed by atoms with Crippen molar-refractivity contribution >= 4 is 12.6 Å². The molecule has 0 saturated heterocycles. The summed E-state index contributed by atoms with van der Waals surface area (Å²) < 4.78 is 0. The molecule has 0 radical (unpaired) electrons. The zero-order valence-electron chi connectivity index (χ0n) is 6.11. The molecule has 0 aromatic heterocycles. The van der Waals surface area contributed by atoms with Gasteiger partial charge in [0.1, 0.15) is 5.75 Å². The fourth-order valence-corrected chi connectivity index (χ4v) is 0.628. The third kappa shape index (κ3) is 5.19. The van der Waals surface area contributed by atoms with Gasteiger partial charge in [0.05, 0.1) is 0 Å². The van der Waals surface area contributed by atoms with Crippen molar-refractivity contribution in [2.75, 3.05) is 0 Å². The second-order valence-corrected chi connectivity index (χ2v) is 2.11. The molecule has 1 rings (SSSR count). The van der Waals surface area contributed by atoms with Crippen LogP contribution in [0, 0.1) is 17.6 Å². The van der Waals surface area contributed by atoms with Crippen molar-refractivity contribution in [1.29, 1.82) is 5.26 Å². The Morgan fingerprint density at radius 1 is 1.55 bits per heavy atom. The molecule has 3 heteroatoms. The fourth-order valence-electron chi connectivity index (χ4n) is 0.628. The van der Waals surface area contributed by atoms with Crippen molar-refractivity contribution < 1.29 is 5.11 Å². The van der Waals surface area contributed by atoms with Gasteiger partial charge in [0, 0.05) is 0 Å². The van der Waals surface area contributed by atoms with E-state index in [2.05, 4.69) is 12.6 Å². The maximum atomic E-state index is 8.81. The van der Waals surface area contributed by atoms with E-state index in [1.54, 1.807) is 12.1 Å². The van der Waals surface area contributed by atoms with Gasteiger partial charge in [-0.25, -0.2) is 5.26 Å². The van der Waals surface area contributed by atoms with Crippen LogP contribution in [0.1, 0.15) is 5.56 Å². The predicted molar refractivity (Wildman–Crippen MR) is 45.8 cm³/mol. The van der Waals surface area contributed by atoms with Gasteiger partial charge in [0.15, 0.2) is 0 Å². The summed E-state index contributed by atoms with van der Waals surface area (Å²) in [5.41, 5.74) is 1.09. The number of hydrogen-bond donors (Lipinski definition) is 1. The summed E-state index contributed by atoms with van der Waals surface area (Å²) in [5, 5.41) is 17.3. The fraction of sp³-hybridized carbons (Fsp3) is 0.125. The Morgan fingerprint density at radius 2 is 2.09 bits per heavy atom. The van der Waals surface area contributed by atoms with Crippen LogP contribution < -0.4 is 0 Å². The van der Waals surface area contributed by atoms with Crippen molar-refractivity contribution in [3.05, 3.63) is 29.8 Å². The molecule has 0 aliphatic rings. The molecule has 0 atom stereocenters. The summed E-state index contributed by atoms with van der Waals surface area (Å²) in [4.78, 5) is 0. The Labute approximate surface area is 71.5 Å². The molecule has 0 aliphatic carbocycles. The van der Waals surface area contributed by atoms with E-state index in [0.717, 1.165) is 5.56 Å². The number of nitriles is 1. The van der Waals surface area contributed by atoms with E-state index in [4.69, 9.17) is 10.4 Å². The number of phenols is 1. The number of phenolic OH excluding ortho intramolecular Hbond substituents is 1. The molecule has 1 aromatic carbocycles. The average molecular weight is 166 g/mol. The lowest BCUT2D eigenvalue weighted by atomic mass is 10.2. The zero-order chi connectivity index (χ0) is 8.69. The topological polar surface area (TPSA) is 44.0 Å². The maximum absolute atomic E-state index is 8.81. The van der Waals surface area contributed by atoms with E-state index in [9.17, 15) is 0 Å². The third-order valence-corrected chi connectivity index (χ3v) is 1.00. The van der Waals surface area contributed by atoms with Crippen LogP contribution in [0.25, 0.3) is 0 Å². The highest BCUT2D eigenvalue weighted by atomic mass is 32.1. The van der Waals surface area contributed by atoms with E-state index in [-0.39, 0.29) is 0 Å². The van der Waals surface area contributed by atoms with Gasteiger partial charge in [-0.2, -0.15) is 0 Å². The van der Waals surface area contributed by atoms with Crippen LogP contribution in [0.5, 0.6) is 5.75 Å². The van der Waals surface area contributed by atoms with Gasteiger partial charge < -0.3 is 17.7 Å². The van der Waals surface area contributed by atoms with Crippen LogP contribution in [-0.4, -0.2) is 5.11 Å². The number of benzene rings is 1. The SMILES string of the molecule is Cc1cccc(O)c1.N#C[S-]. The Morgan fingerprint density at radius 3 is 2.36 bits per heavy atom. The largest absolute Gasteiger partial charge is 0.696 e. The van der Waals surface area contributed by atoms with Crippen LogP contribution in [0.2, 0.25) is 0 Å². The van der Waals surface area contributed by atoms with E-state index >= 15 is 0 Å². The van der Waals surface area contributed by atoms with Gasteiger partial charge in [-0.1, -0.05) is 17.5 Å². The first-order chi connectivity index (χ1) is 5.20. The number of aryl methyl sites for hydroxylation is 1. The molecule has 0 aliphatic heterocycles. The first kappa shape index (κ1) is 9.73. The minimum atomic E-state index is 0.338. The van der Waals surface area contributed by atoms with Gasteiger partial charge in [0.2, 0.25) is 0 Å². The first-order valence-corrected chi connectivity index (χ1v) is 3.38. The quantitative estimate of drug-likeness (QED) is 0.471. The highest BCUT2D eigenvalue weighted by molar-refractivity contribution is 7.64. The smallest absolute Gasteiger partial charge is 0.115 e. The van der Waals surface area contributed by atoms with Gasteiger partial charge in [0.25, 0.3) is 0 Å². The summed E-state index contributed by atoms with van der Waals surface area (Å²) in [6, 6.07) is 7.15. The second kappa shape index (κ2) is 5.51. The minimum Gasteiger partial charge on any atom is -0.696 e. The van der Waals surface area contributed by atoms with Crippen LogP contribution >= 0.6 is 0 Å². The van der Waals surface area contributed by atoms with Crippen molar-refractivity contribution in [2.24, 2.45) is 0 Å². The van der Waals surface area contributed by atoms with Gasteiger partial charge in [-0.3, -0.25) is 0 Å². The number of rotatable bonds is 0.